The largest absolute Gasteiger partial charge is 0.367 e. The molecule has 7 heteroatoms. The molecule has 2 aliphatic rings. The van der Waals surface area contributed by atoms with Gasteiger partial charge in [-0.15, -0.1) is 11.8 Å². The van der Waals surface area contributed by atoms with Crippen molar-refractivity contribution in [3.63, 3.8) is 0 Å². The van der Waals surface area contributed by atoms with E-state index in [1.807, 2.05) is 0 Å². The maximum Gasteiger partial charge on any atom is 0.367 e. The number of hydrogen-bond acceptors (Lipinski definition) is 3. The monoisotopic (exact) mass is 347 g/mol. The van der Waals surface area contributed by atoms with Crippen LogP contribution in [0.5, 0.6) is 0 Å². The molecule has 3 amide bonds. The summed E-state index contributed by atoms with van der Waals surface area (Å²) in [5, 5.41) is 3.50. The molecule has 5 nitrogen and oxygen atoms in total. The van der Waals surface area contributed by atoms with Crippen LogP contribution in [0.15, 0.2) is 34.3 Å². The van der Waals surface area contributed by atoms with Crippen LogP contribution in [-0.2, 0) is 11.3 Å². The number of rotatable bonds is 4. The SMILES string of the molecule is O=C1N=C2CCCCC2C(SCC(=O)NCc2ccc(F)cc2)=N1. The number of benzene rings is 1. The summed E-state index contributed by atoms with van der Waals surface area (Å²) < 4.78 is 12.8. The van der Waals surface area contributed by atoms with Crippen LogP contribution in [0, 0.1) is 11.7 Å². The molecule has 1 atom stereocenters. The van der Waals surface area contributed by atoms with Crippen molar-refractivity contribution in [2.24, 2.45) is 15.9 Å². The summed E-state index contributed by atoms with van der Waals surface area (Å²) in [6, 6.07) is 5.54. The maximum absolute atomic E-state index is 12.8. The Bertz CT molecular complexity index is 700. The molecule has 0 bridgehead atoms. The van der Waals surface area contributed by atoms with Crippen molar-refractivity contribution < 1.29 is 14.0 Å². The number of urea groups is 1. The van der Waals surface area contributed by atoms with Gasteiger partial charge in [-0.25, -0.2) is 14.2 Å². The molecular formula is C17H18FN3O2S. The predicted octanol–water partition coefficient (Wildman–Crippen LogP) is 3.34. The summed E-state index contributed by atoms with van der Waals surface area (Å²) in [7, 11) is 0. The molecule has 1 N–H and O–H groups in total. The van der Waals surface area contributed by atoms with Crippen molar-refractivity contribution >= 4 is 34.5 Å². The third-order valence-corrected chi connectivity index (χ3v) is 5.15. The Morgan fingerprint density at radius 2 is 2.04 bits per heavy atom. The normalized spacial score (nSPS) is 20.0. The molecule has 3 rings (SSSR count). The van der Waals surface area contributed by atoms with E-state index in [0.717, 1.165) is 37.0 Å². The fourth-order valence-electron chi connectivity index (χ4n) is 2.84. The van der Waals surface area contributed by atoms with Crippen molar-refractivity contribution in [1.82, 2.24) is 5.32 Å². The average molecular weight is 347 g/mol. The zero-order valence-corrected chi connectivity index (χ0v) is 13.9. The molecule has 1 aliphatic heterocycles. The highest BCUT2D eigenvalue weighted by atomic mass is 32.2. The lowest BCUT2D eigenvalue weighted by atomic mass is 9.87. The molecule has 1 saturated carbocycles. The van der Waals surface area contributed by atoms with Gasteiger partial charge in [-0.05, 0) is 37.0 Å². The number of fused-ring (bicyclic) bond motifs is 1. The lowest BCUT2D eigenvalue weighted by Crippen LogP contribution is -2.32. The predicted molar refractivity (Wildman–Crippen MR) is 92.9 cm³/mol. The van der Waals surface area contributed by atoms with Crippen LogP contribution in [0.4, 0.5) is 9.18 Å². The van der Waals surface area contributed by atoms with Crippen molar-refractivity contribution in [1.29, 1.82) is 0 Å². The van der Waals surface area contributed by atoms with Gasteiger partial charge < -0.3 is 5.32 Å². The number of halogens is 1. The van der Waals surface area contributed by atoms with Gasteiger partial charge in [0.2, 0.25) is 5.91 Å². The van der Waals surface area contributed by atoms with E-state index in [9.17, 15) is 14.0 Å². The zero-order valence-electron chi connectivity index (χ0n) is 13.1. The van der Waals surface area contributed by atoms with Crippen molar-refractivity contribution in [3.05, 3.63) is 35.6 Å². The van der Waals surface area contributed by atoms with Crippen LogP contribution in [0.3, 0.4) is 0 Å². The number of nitrogens with one attached hydrogen (secondary N) is 1. The highest BCUT2D eigenvalue weighted by Crippen LogP contribution is 2.30. The van der Waals surface area contributed by atoms with Gasteiger partial charge in [0.05, 0.1) is 10.8 Å². The van der Waals surface area contributed by atoms with Crippen molar-refractivity contribution in [2.75, 3.05) is 5.75 Å². The topological polar surface area (TPSA) is 70.9 Å². The standard InChI is InChI=1S/C17H18FN3O2S/c18-12-7-5-11(6-8-12)9-19-15(22)10-24-16-13-3-1-2-4-14(13)20-17(23)21-16/h5-8,13H,1-4,9-10H2,(H,19,22). The molecule has 1 aromatic rings. The third-order valence-electron chi connectivity index (χ3n) is 4.08. The molecular weight excluding hydrogens is 329 g/mol. The Labute approximate surface area is 143 Å². The first-order valence-electron chi connectivity index (χ1n) is 7.96. The number of carbonyl (C=O) groups is 2. The van der Waals surface area contributed by atoms with Gasteiger partial charge in [0.15, 0.2) is 0 Å². The van der Waals surface area contributed by atoms with E-state index in [2.05, 4.69) is 15.3 Å². The summed E-state index contributed by atoms with van der Waals surface area (Å²) in [6.45, 7) is 0.348. The lowest BCUT2D eigenvalue weighted by molar-refractivity contribution is -0.118. The molecule has 1 fully saturated rings. The first-order valence-corrected chi connectivity index (χ1v) is 8.94. The maximum atomic E-state index is 12.8. The highest BCUT2D eigenvalue weighted by Gasteiger charge is 2.30. The van der Waals surface area contributed by atoms with Gasteiger partial charge in [0.1, 0.15) is 5.82 Å². The quantitative estimate of drug-likeness (QED) is 0.908. The first kappa shape index (κ1) is 16.8. The summed E-state index contributed by atoms with van der Waals surface area (Å²) in [6.07, 6.45) is 3.93. The zero-order chi connectivity index (χ0) is 16.9. The number of nitrogens with zero attached hydrogens (tertiary/aromatic N) is 2. The van der Waals surface area contributed by atoms with E-state index < -0.39 is 6.03 Å². The second-order valence-corrected chi connectivity index (χ2v) is 6.82. The molecule has 1 aromatic carbocycles. The molecule has 0 radical (unpaired) electrons. The number of aliphatic imine (C=N–C) groups is 2. The number of carbonyl (C=O) groups excluding carboxylic acids is 2. The molecule has 126 valence electrons. The summed E-state index contributed by atoms with van der Waals surface area (Å²) in [5.74, 6) is -0.131. The van der Waals surface area contributed by atoms with Crippen molar-refractivity contribution in [3.8, 4) is 0 Å². The van der Waals surface area contributed by atoms with Gasteiger partial charge >= 0.3 is 6.03 Å². The number of hydrogen-bond donors (Lipinski definition) is 1. The van der Waals surface area contributed by atoms with Crippen LogP contribution in [-0.4, -0.2) is 28.4 Å². The molecule has 1 heterocycles. The van der Waals surface area contributed by atoms with E-state index in [4.69, 9.17) is 0 Å². The fourth-order valence-corrected chi connectivity index (χ4v) is 3.82. The van der Waals surface area contributed by atoms with Crippen LogP contribution < -0.4 is 5.32 Å². The van der Waals surface area contributed by atoms with E-state index in [-0.39, 0.29) is 23.4 Å². The molecule has 24 heavy (non-hydrogen) atoms. The first-order chi connectivity index (χ1) is 11.6. The Morgan fingerprint density at radius 3 is 2.83 bits per heavy atom. The fraction of sp³-hybridized carbons (Fsp3) is 0.412. The minimum atomic E-state index is -0.461. The van der Waals surface area contributed by atoms with E-state index in [0.29, 0.717) is 11.6 Å². The molecule has 0 aromatic heterocycles. The van der Waals surface area contributed by atoms with Gasteiger partial charge in [-0.1, -0.05) is 18.6 Å². The van der Waals surface area contributed by atoms with E-state index in [1.54, 1.807) is 12.1 Å². The summed E-state index contributed by atoms with van der Waals surface area (Å²) in [5.41, 5.74) is 1.75. The number of amides is 3. The molecule has 1 aliphatic carbocycles. The third kappa shape index (κ3) is 4.29. The van der Waals surface area contributed by atoms with Gasteiger partial charge in [0, 0.05) is 18.2 Å². The van der Waals surface area contributed by atoms with Gasteiger partial charge in [-0.2, -0.15) is 4.99 Å². The molecule has 0 spiro atoms. The van der Waals surface area contributed by atoms with Crippen LogP contribution in [0.1, 0.15) is 31.2 Å². The Kier molecular flexibility index (Phi) is 5.40. The smallest absolute Gasteiger partial charge is 0.351 e. The van der Waals surface area contributed by atoms with Gasteiger partial charge in [0.25, 0.3) is 0 Å². The molecule has 0 saturated heterocycles. The summed E-state index contributed by atoms with van der Waals surface area (Å²) in [4.78, 5) is 31.6. The van der Waals surface area contributed by atoms with Gasteiger partial charge in [-0.3, -0.25) is 4.79 Å². The lowest BCUT2D eigenvalue weighted by Gasteiger charge is -2.26. The Balaban J connectivity index is 1.50. The van der Waals surface area contributed by atoms with E-state index >= 15 is 0 Å². The van der Waals surface area contributed by atoms with Crippen LogP contribution in [0.25, 0.3) is 0 Å². The molecule has 1 unspecified atom stereocenters. The minimum absolute atomic E-state index is 0.103. The minimum Gasteiger partial charge on any atom is -0.351 e. The average Bonchev–Trinajstić information content (AvgIpc) is 2.59. The highest BCUT2D eigenvalue weighted by molar-refractivity contribution is 8.14. The van der Waals surface area contributed by atoms with Crippen LogP contribution in [0.2, 0.25) is 0 Å². The second kappa shape index (κ2) is 7.70. The Hall–Kier alpha value is -2.02. The van der Waals surface area contributed by atoms with Crippen LogP contribution >= 0.6 is 11.8 Å². The Morgan fingerprint density at radius 1 is 1.25 bits per heavy atom. The van der Waals surface area contributed by atoms with Crippen molar-refractivity contribution in [2.45, 2.75) is 32.2 Å². The summed E-state index contributed by atoms with van der Waals surface area (Å²) >= 11 is 1.31. The van der Waals surface area contributed by atoms with E-state index in [1.165, 1.54) is 23.9 Å². The second-order valence-electron chi connectivity index (χ2n) is 5.83. The number of thioether (sulfide) groups is 1.